The highest BCUT2D eigenvalue weighted by molar-refractivity contribution is 7.33. The van der Waals surface area contributed by atoms with E-state index in [2.05, 4.69) is 156 Å². The fourth-order valence-corrected chi connectivity index (χ4v) is 11.6. The van der Waals surface area contributed by atoms with E-state index < -0.39 is 0 Å². The molecule has 0 spiro atoms. The van der Waals surface area contributed by atoms with Crippen LogP contribution >= 0.6 is 34.0 Å². The lowest BCUT2D eigenvalue weighted by Crippen LogP contribution is -2.46. The normalized spacial score (nSPS) is 14.0. The van der Waals surface area contributed by atoms with Crippen molar-refractivity contribution in [3.8, 4) is 19.5 Å². The minimum absolute atomic E-state index is 0.218. The van der Waals surface area contributed by atoms with Gasteiger partial charge in [0.1, 0.15) is 0 Å². The summed E-state index contributed by atoms with van der Waals surface area (Å²) in [6.07, 6.45) is 13.7. The summed E-state index contributed by atoms with van der Waals surface area (Å²) in [7, 11) is 0. The molecule has 0 nitrogen and oxygen atoms in total. The van der Waals surface area contributed by atoms with Crippen LogP contribution in [0.3, 0.4) is 0 Å². The molecular weight excluding hydrogens is 670 g/mol. The predicted octanol–water partition coefficient (Wildman–Crippen LogP) is 13.1. The lowest BCUT2D eigenvalue weighted by atomic mass is 9.36. The molecule has 51 heavy (non-hydrogen) atoms. The zero-order valence-electron chi connectivity index (χ0n) is 33.1. The van der Waals surface area contributed by atoms with Crippen molar-refractivity contribution in [2.24, 2.45) is 0 Å². The molecule has 0 saturated carbocycles. The maximum Gasteiger partial charge on any atom is 0.254 e. The van der Waals surface area contributed by atoms with E-state index in [0.717, 1.165) is 25.7 Å². The van der Waals surface area contributed by atoms with Gasteiger partial charge in [-0.25, -0.2) is 0 Å². The maximum atomic E-state index is 2.41. The second-order valence-corrected chi connectivity index (χ2v) is 18.1. The van der Waals surface area contributed by atoms with Gasteiger partial charge in [0, 0.05) is 19.5 Å². The third-order valence-electron chi connectivity index (χ3n) is 10.5. The van der Waals surface area contributed by atoms with Crippen LogP contribution in [0.1, 0.15) is 105 Å². The standard InChI is InChI=1S/C46H56B2S3/c1-13-16-30(6)28-38(29(4)5)47(37(14-2)15-3)43-23-21-41(50-43)39-19-20-40(49-39)42-22-24-44(51-42)48(46-35(11)26-32(8)27-36(46)12)45-33(9)18-17-31(7)25-34(45)10/h14,16-17,19-27H,13,15,18,28H2,1-12H3/b30-16-,37-14-. The molecule has 5 heteroatoms. The molecule has 1 aliphatic carbocycles. The van der Waals surface area contributed by atoms with Crippen LogP contribution < -0.4 is 15.0 Å². The molecule has 0 N–H and O–H groups in total. The molecule has 264 valence electrons. The summed E-state index contributed by atoms with van der Waals surface area (Å²) in [6, 6.07) is 19.0. The summed E-state index contributed by atoms with van der Waals surface area (Å²) in [5.74, 6) is 0. The van der Waals surface area contributed by atoms with E-state index in [0.29, 0.717) is 6.71 Å². The molecule has 5 rings (SSSR count). The molecule has 3 aromatic heterocycles. The predicted molar refractivity (Wildman–Crippen MR) is 238 cm³/mol. The highest BCUT2D eigenvalue weighted by atomic mass is 32.1. The van der Waals surface area contributed by atoms with Crippen LogP contribution in [0.25, 0.3) is 19.5 Å². The van der Waals surface area contributed by atoms with Crippen LogP contribution in [-0.2, 0) is 0 Å². The van der Waals surface area contributed by atoms with E-state index in [1.54, 1.807) is 5.47 Å². The van der Waals surface area contributed by atoms with Crippen molar-refractivity contribution in [2.45, 2.75) is 109 Å². The Morgan fingerprint density at radius 3 is 1.90 bits per heavy atom. The Hall–Kier alpha value is -3.11. The number of rotatable bonds is 12. The summed E-state index contributed by atoms with van der Waals surface area (Å²) in [5, 5.41) is 0. The first-order chi connectivity index (χ1) is 24.4. The average Bonchev–Trinajstić information content (AvgIpc) is 3.84. The molecule has 0 aliphatic heterocycles. The molecule has 0 amide bonds. The number of benzene rings is 1. The highest BCUT2D eigenvalue weighted by Gasteiger charge is 2.32. The highest BCUT2D eigenvalue weighted by Crippen LogP contribution is 2.39. The van der Waals surface area contributed by atoms with E-state index >= 15 is 0 Å². The minimum atomic E-state index is 0.218. The first-order valence-electron chi connectivity index (χ1n) is 18.8. The number of hydrogen-bond donors (Lipinski definition) is 0. The Labute approximate surface area is 322 Å². The van der Waals surface area contributed by atoms with Crippen LogP contribution in [0.15, 0.2) is 117 Å². The molecule has 0 atom stereocenters. The Bertz CT molecular complexity index is 2050. The van der Waals surface area contributed by atoms with Crippen LogP contribution in [-0.4, -0.2) is 13.4 Å². The molecule has 0 saturated heterocycles. The maximum absolute atomic E-state index is 2.41. The summed E-state index contributed by atoms with van der Waals surface area (Å²) in [4.78, 5) is 5.44. The van der Waals surface area contributed by atoms with Gasteiger partial charge in [-0.1, -0.05) is 129 Å². The van der Waals surface area contributed by atoms with Gasteiger partial charge in [-0.2, -0.15) is 0 Å². The average molecular weight is 727 g/mol. The van der Waals surface area contributed by atoms with E-state index in [-0.39, 0.29) is 6.71 Å². The van der Waals surface area contributed by atoms with Crippen LogP contribution in [0, 0.1) is 20.8 Å². The Morgan fingerprint density at radius 2 is 1.33 bits per heavy atom. The van der Waals surface area contributed by atoms with E-state index in [1.807, 2.05) is 34.0 Å². The van der Waals surface area contributed by atoms with Crippen molar-refractivity contribution in [1.29, 1.82) is 0 Å². The minimum Gasteiger partial charge on any atom is -0.149 e. The van der Waals surface area contributed by atoms with E-state index in [1.165, 1.54) is 90.0 Å². The molecule has 4 aromatic rings. The van der Waals surface area contributed by atoms with Crippen molar-refractivity contribution in [3.05, 3.63) is 134 Å². The van der Waals surface area contributed by atoms with Gasteiger partial charge >= 0.3 is 0 Å². The van der Waals surface area contributed by atoms with Crippen LogP contribution in [0.5, 0.6) is 0 Å². The third kappa shape index (κ3) is 8.75. The zero-order chi connectivity index (χ0) is 37.0. The topological polar surface area (TPSA) is 0 Å². The number of allylic oxidation sites excluding steroid dienone is 12. The molecule has 1 aromatic carbocycles. The largest absolute Gasteiger partial charge is 0.254 e. The molecule has 3 heterocycles. The Kier molecular flexibility index (Phi) is 13.1. The second kappa shape index (κ2) is 17.1. The summed E-state index contributed by atoms with van der Waals surface area (Å²) in [5.41, 5.74) is 17.3. The summed E-state index contributed by atoms with van der Waals surface area (Å²) >= 11 is 5.90. The fourth-order valence-electron chi connectivity index (χ4n) is 8.11. The van der Waals surface area contributed by atoms with Gasteiger partial charge in [0.2, 0.25) is 6.71 Å². The van der Waals surface area contributed by atoms with Gasteiger partial charge in [-0.3, -0.25) is 0 Å². The fraction of sp³-hybridized carbons (Fsp3) is 0.348. The van der Waals surface area contributed by atoms with Gasteiger partial charge < -0.3 is 0 Å². The number of thiophene rings is 3. The molecule has 1 aliphatic rings. The molecule has 0 bridgehead atoms. The monoisotopic (exact) mass is 726 g/mol. The number of aryl methyl sites for hydroxylation is 3. The van der Waals surface area contributed by atoms with Gasteiger partial charge in [0.15, 0.2) is 0 Å². The van der Waals surface area contributed by atoms with Crippen LogP contribution in [0.2, 0.25) is 0 Å². The van der Waals surface area contributed by atoms with Gasteiger partial charge in [0.25, 0.3) is 6.71 Å². The number of hydrogen-bond acceptors (Lipinski definition) is 3. The Morgan fingerprint density at radius 1 is 0.765 bits per heavy atom. The lowest BCUT2D eigenvalue weighted by molar-refractivity contribution is 1.08. The van der Waals surface area contributed by atoms with Crippen molar-refractivity contribution < 1.29 is 0 Å². The van der Waals surface area contributed by atoms with Crippen LogP contribution in [0.4, 0.5) is 0 Å². The Balaban J connectivity index is 1.53. The van der Waals surface area contributed by atoms with Gasteiger partial charge in [0.05, 0.1) is 0 Å². The van der Waals surface area contributed by atoms with Crippen molar-refractivity contribution in [1.82, 2.24) is 0 Å². The first kappa shape index (κ1) is 39.1. The lowest BCUT2D eigenvalue weighted by Gasteiger charge is -2.24. The summed E-state index contributed by atoms with van der Waals surface area (Å²) in [6.45, 7) is 27.9. The molecule has 0 radical (unpaired) electrons. The van der Waals surface area contributed by atoms with E-state index in [4.69, 9.17) is 0 Å². The quantitative estimate of drug-likeness (QED) is 0.101. The smallest absolute Gasteiger partial charge is 0.149 e. The first-order valence-corrected chi connectivity index (χ1v) is 21.2. The molecule has 0 unspecified atom stereocenters. The molecule has 0 fully saturated rings. The summed E-state index contributed by atoms with van der Waals surface area (Å²) < 4.78 is 2.89. The zero-order valence-corrected chi connectivity index (χ0v) is 35.6. The van der Waals surface area contributed by atoms with Gasteiger partial charge in [-0.15, -0.1) is 34.0 Å². The van der Waals surface area contributed by atoms with Crippen molar-refractivity contribution >= 4 is 62.5 Å². The third-order valence-corrected chi connectivity index (χ3v) is 14.2. The second-order valence-electron chi connectivity index (χ2n) is 14.8. The van der Waals surface area contributed by atoms with Crippen molar-refractivity contribution in [3.63, 3.8) is 0 Å². The van der Waals surface area contributed by atoms with Crippen molar-refractivity contribution in [2.75, 3.05) is 0 Å². The SMILES string of the molecule is C/C=C(/CC)B(C(C/C(C)=C\CC)=C(C)C)c1ccc(-c2ccc(-c3ccc(B(C4=C(C)CC=C(C)C=C4C)c4c(C)cc(C)cc4C)s3)s2)s1. The van der Waals surface area contributed by atoms with E-state index in [9.17, 15) is 0 Å². The van der Waals surface area contributed by atoms with Gasteiger partial charge in [-0.05, 0) is 129 Å². The molecular formula is C46H56B2S3.